The van der Waals surface area contributed by atoms with Crippen LogP contribution < -0.4 is 5.32 Å². The van der Waals surface area contributed by atoms with Crippen LogP contribution in [0.15, 0.2) is 0 Å². The van der Waals surface area contributed by atoms with Crippen molar-refractivity contribution in [2.24, 2.45) is 5.92 Å². The summed E-state index contributed by atoms with van der Waals surface area (Å²) in [5, 5.41) is 11.8. The van der Waals surface area contributed by atoms with Crippen LogP contribution in [0.4, 0.5) is 0 Å². The molecule has 0 aromatic heterocycles. The Morgan fingerprint density at radius 3 is 2.76 bits per heavy atom. The molecule has 2 N–H and O–H groups in total. The smallest absolute Gasteiger partial charge is 0.306 e. The van der Waals surface area contributed by atoms with Crippen molar-refractivity contribution in [1.82, 2.24) is 5.32 Å². The molecule has 98 valence electrons. The Morgan fingerprint density at radius 2 is 2.18 bits per heavy atom. The Kier molecular flexibility index (Phi) is 6.40. The van der Waals surface area contributed by atoms with E-state index in [4.69, 9.17) is 5.11 Å². The summed E-state index contributed by atoms with van der Waals surface area (Å²) in [5.74, 6) is 0.551. The third-order valence-corrected chi connectivity index (χ3v) is 4.07. The highest BCUT2D eigenvalue weighted by Gasteiger charge is 2.30. The van der Waals surface area contributed by atoms with Crippen LogP contribution in [0.3, 0.4) is 0 Å². The molecule has 17 heavy (non-hydrogen) atoms. The summed E-state index contributed by atoms with van der Waals surface area (Å²) in [7, 11) is 0. The van der Waals surface area contributed by atoms with E-state index >= 15 is 0 Å². The van der Waals surface area contributed by atoms with Gasteiger partial charge in [0.25, 0.3) is 0 Å². The van der Waals surface area contributed by atoms with Gasteiger partial charge in [-0.25, -0.2) is 0 Å². The van der Waals surface area contributed by atoms with Crippen LogP contribution in [0.2, 0.25) is 0 Å². The molecular weight excluding hydrogens is 238 g/mol. The summed E-state index contributed by atoms with van der Waals surface area (Å²) in [6, 6.07) is 0.0652. The summed E-state index contributed by atoms with van der Waals surface area (Å²) >= 11 is 1.65. The molecule has 0 aromatic carbocycles. The molecule has 0 bridgehead atoms. The minimum Gasteiger partial charge on any atom is -0.481 e. The fraction of sp³-hybridized carbons (Fsp3) is 0.833. The predicted octanol–water partition coefficient (Wildman–Crippen LogP) is 1.89. The number of carboxylic acids is 1. The zero-order valence-corrected chi connectivity index (χ0v) is 11.1. The first-order valence-corrected chi connectivity index (χ1v) is 7.38. The molecule has 0 aliphatic heterocycles. The molecule has 1 saturated carbocycles. The van der Waals surface area contributed by atoms with Gasteiger partial charge in [0.1, 0.15) is 0 Å². The number of amides is 1. The fourth-order valence-corrected chi connectivity index (χ4v) is 2.92. The molecule has 1 aliphatic rings. The molecule has 5 heteroatoms. The number of hydrogen-bond acceptors (Lipinski definition) is 3. The van der Waals surface area contributed by atoms with Gasteiger partial charge in [-0.1, -0.05) is 13.3 Å². The van der Waals surface area contributed by atoms with Gasteiger partial charge in [-0.2, -0.15) is 11.8 Å². The first kappa shape index (κ1) is 14.4. The number of thioether (sulfide) groups is 1. The van der Waals surface area contributed by atoms with Crippen molar-refractivity contribution in [2.45, 2.75) is 45.1 Å². The van der Waals surface area contributed by atoms with E-state index in [-0.39, 0.29) is 17.9 Å². The lowest BCUT2D eigenvalue weighted by atomic mass is 10.1. The molecule has 1 amide bonds. The Balaban J connectivity index is 2.13. The van der Waals surface area contributed by atoms with Crippen molar-refractivity contribution >= 4 is 23.6 Å². The van der Waals surface area contributed by atoms with Crippen molar-refractivity contribution in [1.29, 1.82) is 0 Å². The van der Waals surface area contributed by atoms with Gasteiger partial charge in [-0.15, -0.1) is 0 Å². The standard InChI is InChI=1S/C12H21NO3S/c1-2-3-6-17-8-11(14)13-10-5-4-9(7-10)12(15)16/h9-10H,2-8H2,1H3,(H,13,14)(H,15,16). The van der Waals surface area contributed by atoms with Gasteiger partial charge in [0, 0.05) is 6.04 Å². The van der Waals surface area contributed by atoms with Gasteiger partial charge in [-0.3, -0.25) is 9.59 Å². The predicted molar refractivity (Wildman–Crippen MR) is 69.1 cm³/mol. The number of rotatable bonds is 7. The number of nitrogens with one attached hydrogen (secondary N) is 1. The summed E-state index contributed by atoms with van der Waals surface area (Å²) in [5.41, 5.74) is 0. The Morgan fingerprint density at radius 1 is 1.41 bits per heavy atom. The lowest BCUT2D eigenvalue weighted by molar-refractivity contribution is -0.141. The van der Waals surface area contributed by atoms with Crippen LogP contribution in [-0.2, 0) is 9.59 Å². The monoisotopic (exact) mass is 259 g/mol. The number of unbranched alkanes of at least 4 members (excludes halogenated alkanes) is 1. The molecular formula is C12H21NO3S. The topological polar surface area (TPSA) is 66.4 Å². The van der Waals surface area contributed by atoms with Crippen LogP contribution in [-0.4, -0.2) is 34.5 Å². The second kappa shape index (κ2) is 7.58. The molecule has 1 aliphatic carbocycles. The second-order valence-electron chi connectivity index (χ2n) is 4.52. The van der Waals surface area contributed by atoms with Crippen molar-refractivity contribution in [3.05, 3.63) is 0 Å². The third kappa shape index (κ3) is 5.44. The van der Waals surface area contributed by atoms with Gasteiger partial charge in [0.2, 0.25) is 5.91 Å². The minimum atomic E-state index is -0.737. The van der Waals surface area contributed by atoms with Gasteiger partial charge >= 0.3 is 5.97 Å². The van der Waals surface area contributed by atoms with Crippen LogP contribution in [0.5, 0.6) is 0 Å². The zero-order chi connectivity index (χ0) is 12.7. The normalized spacial score (nSPS) is 23.6. The highest BCUT2D eigenvalue weighted by molar-refractivity contribution is 7.99. The van der Waals surface area contributed by atoms with E-state index in [2.05, 4.69) is 12.2 Å². The summed E-state index contributed by atoms with van der Waals surface area (Å²) in [4.78, 5) is 22.3. The molecule has 0 saturated heterocycles. The van der Waals surface area contributed by atoms with Gasteiger partial charge in [-0.05, 0) is 31.4 Å². The number of hydrogen-bond donors (Lipinski definition) is 2. The maximum atomic E-state index is 11.6. The third-order valence-electron chi connectivity index (χ3n) is 3.02. The van der Waals surface area contributed by atoms with E-state index in [1.165, 1.54) is 0 Å². The van der Waals surface area contributed by atoms with Crippen LogP contribution in [0.25, 0.3) is 0 Å². The average molecular weight is 259 g/mol. The Hall–Kier alpha value is -0.710. The molecule has 0 heterocycles. The van der Waals surface area contributed by atoms with Gasteiger partial charge in [0.15, 0.2) is 0 Å². The highest BCUT2D eigenvalue weighted by Crippen LogP contribution is 2.25. The Labute approximate surface area is 107 Å². The largest absolute Gasteiger partial charge is 0.481 e. The van der Waals surface area contributed by atoms with Crippen molar-refractivity contribution < 1.29 is 14.7 Å². The van der Waals surface area contributed by atoms with Crippen molar-refractivity contribution in [3.63, 3.8) is 0 Å². The zero-order valence-electron chi connectivity index (χ0n) is 10.3. The van der Waals surface area contributed by atoms with E-state index in [9.17, 15) is 9.59 Å². The van der Waals surface area contributed by atoms with Crippen molar-refractivity contribution in [3.8, 4) is 0 Å². The second-order valence-corrected chi connectivity index (χ2v) is 5.62. The SMILES string of the molecule is CCCCSCC(=O)NC1CCC(C(=O)O)C1. The van der Waals surface area contributed by atoms with Crippen LogP contribution >= 0.6 is 11.8 Å². The van der Waals surface area contributed by atoms with Gasteiger partial charge < -0.3 is 10.4 Å². The molecule has 4 nitrogen and oxygen atoms in total. The van der Waals surface area contributed by atoms with Crippen LogP contribution in [0.1, 0.15) is 39.0 Å². The summed E-state index contributed by atoms with van der Waals surface area (Å²) < 4.78 is 0. The minimum absolute atomic E-state index is 0.0436. The summed E-state index contributed by atoms with van der Waals surface area (Å²) in [6.45, 7) is 2.13. The average Bonchev–Trinajstić information content (AvgIpc) is 2.73. The van der Waals surface area contributed by atoms with E-state index in [1.54, 1.807) is 11.8 Å². The quantitative estimate of drug-likeness (QED) is 0.685. The molecule has 2 atom stereocenters. The number of carbonyl (C=O) groups is 2. The first-order chi connectivity index (χ1) is 8.13. The molecule has 1 fully saturated rings. The molecule has 0 aromatic rings. The number of aliphatic carboxylic acids is 1. The molecule has 0 radical (unpaired) electrons. The maximum Gasteiger partial charge on any atom is 0.306 e. The van der Waals surface area contributed by atoms with Crippen molar-refractivity contribution in [2.75, 3.05) is 11.5 Å². The first-order valence-electron chi connectivity index (χ1n) is 6.23. The van der Waals surface area contributed by atoms with E-state index in [0.717, 1.165) is 25.0 Å². The fourth-order valence-electron chi connectivity index (χ4n) is 2.02. The van der Waals surface area contributed by atoms with Gasteiger partial charge in [0.05, 0.1) is 11.7 Å². The molecule has 0 spiro atoms. The molecule has 2 unspecified atom stereocenters. The number of carboxylic acid groups (broad SMARTS) is 1. The lowest BCUT2D eigenvalue weighted by Crippen LogP contribution is -2.34. The maximum absolute atomic E-state index is 11.6. The summed E-state index contributed by atoms with van der Waals surface area (Å²) in [6.07, 6.45) is 4.35. The number of carbonyl (C=O) groups excluding carboxylic acids is 1. The van der Waals surface area contributed by atoms with E-state index in [0.29, 0.717) is 18.6 Å². The van der Waals surface area contributed by atoms with Crippen LogP contribution in [0, 0.1) is 5.92 Å². The molecule has 1 rings (SSSR count). The van der Waals surface area contributed by atoms with E-state index in [1.807, 2.05) is 0 Å². The highest BCUT2D eigenvalue weighted by atomic mass is 32.2. The van der Waals surface area contributed by atoms with E-state index < -0.39 is 5.97 Å². The lowest BCUT2D eigenvalue weighted by Gasteiger charge is -2.12. The Bertz CT molecular complexity index is 270.